The quantitative estimate of drug-likeness (QED) is 0.572. The number of carbonyl (C=O) groups excluding carboxylic acids is 1. The predicted octanol–water partition coefficient (Wildman–Crippen LogP) is 0.925. The zero-order valence-corrected chi connectivity index (χ0v) is 16.1. The summed E-state index contributed by atoms with van der Waals surface area (Å²) >= 11 is 0. The molecule has 5 atom stereocenters. The van der Waals surface area contributed by atoms with Crippen LogP contribution >= 0.6 is 0 Å². The molecule has 4 rings (SSSR count). The second kappa shape index (κ2) is 8.11. The van der Waals surface area contributed by atoms with Crippen LogP contribution in [-0.2, 0) is 4.74 Å². The fourth-order valence-corrected chi connectivity index (χ4v) is 3.50. The summed E-state index contributed by atoms with van der Waals surface area (Å²) in [4.78, 5) is 12.6. The summed E-state index contributed by atoms with van der Waals surface area (Å²) in [6.07, 6.45) is -5.94. The predicted molar refractivity (Wildman–Crippen MR) is 102 cm³/mol. The largest absolute Gasteiger partial charge is 0.507 e. The number of fused-ring (bicyclic) bond motifs is 1. The number of methoxy groups -OCH3 is 1. The van der Waals surface area contributed by atoms with Gasteiger partial charge in [0.25, 0.3) is 0 Å². The summed E-state index contributed by atoms with van der Waals surface area (Å²) < 4.78 is 21.8. The number of benzene rings is 2. The maximum Gasteiger partial charge on any atom is 0.228 e. The monoisotopic (exact) mass is 418 g/mol. The van der Waals surface area contributed by atoms with Crippen molar-refractivity contribution in [1.82, 2.24) is 0 Å². The van der Waals surface area contributed by atoms with Gasteiger partial charge >= 0.3 is 0 Å². The molecule has 30 heavy (non-hydrogen) atoms. The second-order valence-electron chi connectivity index (χ2n) is 7.19. The van der Waals surface area contributed by atoms with E-state index in [0.29, 0.717) is 5.75 Å². The third-order valence-electron chi connectivity index (χ3n) is 5.17. The Morgan fingerprint density at radius 3 is 2.47 bits per heavy atom. The van der Waals surface area contributed by atoms with Crippen LogP contribution in [0.3, 0.4) is 0 Å². The Hall–Kier alpha value is -2.85. The number of rotatable bonds is 4. The highest BCUT2D eigenvalue weighted by atomic mass is 16.7. The molecule has 1 fully saturated rings. The number of aliphatic hydroxyl groups is 3. The van der Waals surface area contributed by atoms with Crippen LogP contribution < -0.4 is 14.2 Å². The minimum Gasteiger partial charge on any atom is -0.507 e. The van der Waals surface area contributed by atoms with Crippen LogP contribution in [0.15, 0.2) is 36.4 Å². The van der Waals surface area contributed by atoms with E-state index in [4.69, 9.17) is 18.9 Å². The zero-order chi connectivity index (χ0) is 21.4. The summed E-state index contributed by atoms with van der Waals surface area (Å²) in [5.74, 6) is 0.267. The van der Waals surface area contributed by atoms with Gasteiger partial charge in [0.2, 0.25) is 6.29 Å². The van der Waals surface area contributed by atoms with Gasteiger partial charge in [0.1, 0.15) is 53.0 Å². The van der Waals surface area contributed by atoms with Gasteiger partial charge < -0.3 is 39.4 Å². The summed E-state index contributed by atoms with van der Waals surface area (Å²) in [6.45, 7) is -0.228. The van der Waals surface area contributed by atoms with Crippen molar-refractivity contribution in [2.75, 3.05) is 13.7 Å². The first-order chi connectivity index (χ1) is 14.4. The molecule has 0 radical (unpaired) electrons. The summed E-state index contributed by atoms with van der Waals surface area (Å²) in [5, 5.41) is 39.7. The molecule has 0 unspecified atom stereocenters. The van der Waals surface area contributed by atoms with E-state index in [-0.39, 0.29) is 41.6 Å². The first-order valence-corrected chi connectivity index (χ1v) is 9.40. The number of hydrogen-bond acceptors (Lipinski definition) is 9. The average Bonchev–Trinajstić information content (AvgIpc) is 2.73. The van der Waals surface area contributed by atoms with E-state index >= 15 is 0 Å². The maximum atomic E-state index is 12.6. The van der Waals surface area contributed by atoms with Crippen molar-refractivity contribution >= 4 is 5.78 Å². The Morgan fingerprint density at radius 1 is 1.03 bits per heavy atom. The van der Waals surface area contributed by atoms with Gasteiger partial charge in [-0.25, -0.2) is 0 Å². The molecular weight excluding hydrogens is 396 g/mol. The molecule has 0 aliphatic carbocycles. The van der Waals surface area contributed by atoms with Crippen LogP contribution in [-0.4, -0.2) is 64.5 Å². The highest BCUT2D eigenvalue weighted by molar-refractivity contribution is 6.02. The van der Waals surface area contributed by atoms with Crippen molar-refractivity contribution in [2.45, 2.75) is 37.1 Å². The fraction of sp³-hybridized carbons (Fsp3) is 0.381. The van der Waals surface area contributed by atoms with E-state index in [0.717, 1.165) is 5.56 Å². The molecule has 2 aliphatic rings. The number of carbonyl (C=O) groups is 1. The van der Waals surface area contributed by atoms with Gasteiger partial charge in [0.05, 0.1) is 20.1 Å². The molecule has 2 aromatic rings. The number of aliphatic hydroxyl groups excluding tert-OH is 3. The Bertz CT molecular complexity index is 927. The topological polar surface area (TPSA) is 135 Å². The van der Waals surface area contributed by atoms with Gasteiger partial charge in [-0.15, -0.1) is 0 Å². The summed E-state index contributed by atoms with van der Waals surface area (Å²) in [6, 6.07) is 9.73. The number of ketones is 1. The van der Waals surface area contributed by atoms with Crippen LogP contribution in [0.25, 0.3) is 0 Å². The second-order valence-corrected chi connectivity index (χ2v) is 7.19. The molecule has 2 aromatic carbocycles. The van der Waals surface area contributed by atoms with E-state index in [1.807, 2.05) is 0 Å². The molecule has 160 valence electrons. The van der Waals surface area contributed by atoms with Gasteiger partial charge in [-0.3, -0.25) is 4.79 Å². The molecule has 0 amide bonds. The Morgan fingerprint density at radius 2 is 1.77 bits per heavy atom. The molecule has 0 saturated carbocycles. The third kappa shape index (κ3) is 3.80. The van der Waals surface area contributed by atoms with Crippen molar-refractivity contribution in [3.8, 4) is 23.0 Å². The summed E-state index contributed by atoms with van der Waals surface area (Å²) in [7, 11) is 1.56. The molecular formula is C21H22O9. The molecule has 2 heterocycles. The van der Waals surface area contributed by atoms with E-state index in [1.54, 1.807) is 31.4 Å². The van der Waals surface area contributed by atoms with Crippen molar-refractivity contribution < 1.29 is 44.2 Å². The molecule has 4 N–H and O–H groups in total. The van der Waals surface area contributed by atoms with Gasteiger partial charge in [0.15, 0.2) is 5.78 Å². The van der Waals surface area contributed by atoms with Crippen molar-refractivity contribution in [3.63, 3.8) is 0 Å². The van der Waals surface area contributed by atoms with Crippen molar-refractivity contribution in [3.05, 3.63) is 47.5 Å². The molecule has 1 saturated heterocycles. The number of phenolic OH excluding ortho intramolecular Hbond substituents is 1. The molecule has 0 aromatic heterocycles. The zero-order valence-electron chi connectivity index (χ0n) is 16.1. The van der Waals surface area contributed by atoms with Crippen molar-refractivity contribution in [2.24, 2.45) is 0 Å². The number of Topliss-reactive ketones (excluding diaryl/α,β-unsaturated/α-hetero) is 1. The third-order valence-corrected chi connectivity index (χ3v) is 5.17. The minimum absolute atomic E-state index is 0.0488. The number of aromatic hydroxyl groups is 1. The fourth-order valence-electron chi connectivity index (χ4n) is 3.50. The normalized spacial score (nSPS) is 28.4. The lowest BCUT2D eigenvalue weighted by Gasteiger charge is -2.35. The van der Waals surface area contributed by atoms with Gasteiger partial charge in [-0.05, 0) is 17.7 Å². The molecule has 2 aliphatic heterocycles. The SMILES string of the molecule is COc1ccc([C@H]2CC(=O)c3c(O)cc(O[C@@H]4OC[C@@H](O)[C@@H](O)[C@H]4O)cc3O2)cc1. The van der Waals surface area contributed by atoms with Crippen LogP contribution in [0.2, 0.25) is 0 Å². The molecule has 9 heteroatoms. The average molecular weight is 418 g/mol. The Labute approximate surface area is 172 Å². The first kappa shape index (κ1) is 20.4. The van der Waals surface area contributed by atoms with Gasteiger partial charge in [-0.2, -0.15) is 0 Å². The lowest BCUT2D eigenvalue weighted by Crippen LogP contribution is -2.54. The minimum atomic E-state index is -1.50. The van der Waals surface area contributed by atoms with Gasteiger partial charge in [-0.1, -0.05) is 12.1 Å². The number of hydrogen-bond donors (Lipinski definition) is 4. The number of phenols is 1. The molecule has 0 bridgehead atoms. The maximum absolute atomic E-state index is 12.6. The van der Waals surface area contributed by atoms with Crippen LogP contribution in [0.1, 0.15) is 28.4 Å². The van der Waals surface area contributed by atoms with Gasteiger partial charge in [0, 0.05) is 12.1 Å². The Balaban J connectivity index is 1.57. The van der Waals surface area contributed by atoms with Crippen LogP contribution in [0.4, 0.5) is 0 Å². The standard InChI is InChI=1S/C21H22O9/c1-27-11-4-2-10(3-5-11)16-8-14(23)18-13(22)6-12(7-17(18)30-16)29-21-20(26)19(25)15(24)9-28-21/h2-7,15-16,19-22,24-26H,8-9H2,1H3/t15-,16-,19-,20-,21+/m1/s1. The smallest absolute Gasteiger partial charge is 0.228 e. The van der Waals surface area contributed by atoms with Crippen LogP contribution in [0.5, 0.6) is 23.0 Å². The first-order valence-electron chi connectivity index (χ1n) is 9.40. The summed E-state index contributed by atoms with van der Waals surface area (Å²) in [5.41, 5.74) is 0.816. The van der Waals surface area contributed by atoms with E-state index < -0.39 is 30.7 Å². The number of ether oxygens (including phenoxy) is 4. The van der Waals surface area contributed by atoms with E-state index in [1.165, 1.54) is 12.1 Å². The molecule has 9 nitrogen and oxygen atoms in total. The Kier molecular flexibility index (Phi) is 5.52. The van der Waals surface area contributed by atoms with E-state index in [9.17, 15) is 25.2 Å². The lowest BCUT2D eigenvalue weighted by atomic mass is 9.95. The van der Waals surface area contributed by atoms with E-state index in [2.05, 4.69) is 0 Å². The van der Waals surface area contributed by atoms with Crippen LogP contribution in [0, 0.1) is 0 Å². The molecule has 0 spiro atoms. The van der Waals surface area contributed by atoms with Crippen molar-refractivity contribution in [1.29, 1.82) is 0 Å². The highest BCUT2D eigenvalue weighted by Crippen LogP contribution is 2.42. The lowest BCUT2D eigenvalue weighted by molar-refractivity contribution is -0.242. The highest BCUT2D eigenvalue weighted by Gasteiger charge is 2.39.